The van der Waals surface area contributed by atoms with Gasteiger partial charge in [0, 0.05) is 17.7 Å². The van der Waals surface area contributed by atoms with Crippen molar-refractivity contribution in [2.75, 3.05) is 0 Å². The fourth-order valence-corrected chi connectivity index (χ4v) is 3.84. The van der Waals surface area contributed by atoms with Crippen LogP contribution in [0.5, 0.6) is 0 Å². The van der Waals surface area contributed by atoms with Gasteiger partial charge in [0.1, 0.15) is 0 Å². The molecule has 0 saturated carbocycles. The van der Waals surface area contributed by atoms with Crippen molar-refractivity contribution in [3.63, 3.8) is 0 Å². The third kappa shape index (κ3) is 4.45. The number of non-ortho nitro benzene ring substituents is 1. The number of aryl methyl sites for hydroxylation is 1. The minimum absolute atomic E-state index is 0.00533. The second-order valence-electron chi connectivity index (χ2n) is 6.34. The number of nitro benzene ring substituents is 1. The van der Waals surface area contributed by atoms with Gasteiger partial charge in [0.15, 0.2) is 5.17 Å². The Morgan fingerprint density at radius 2 is 2.04 bits per heavy atom. The third-order valence-corrected chi connectivity index (χ3v) is 5.74. The Kier molecular flexibility index (Phi) is 6.20. The quantitative estimate of drug-likeness (QED) is 0.417. The summed E-state index contributed by atoms with van der Waals surface area (Å²) in [6.45, 7) is 4.43. The predicted molar refractivity (Wildman–Crippen MR) is 112 cm³/mol. The van der Waals surface area contributed by atoms with Gasteiger partial charge in [-0.1, -0.05) is 55.1 Å². The van der Waals surface area contributed by atoms with Gasteiger partial charge in [-0.2, -0.15) is 5.10 Å². The molecule has 28 heavy (non-hydrogen) atoms. The molecule has 1 fully saturated rings. The Morgan fingerprint density at radius 1 is 1.25 bits per heavy atom. The highest BCUT2D eigenvalue weighted by molar-refractivity contribution is 8.15. The number of nitrogens with zero attached hydrogens (tertiary/aromatic N) is 4. The van der Waals surface area contributed by atoms with E-state index in [1.54, 1.807) is 17.0 Å². The Labute approximate surface area is 167 Å². The Balaban J connectivity index is 1.83. The maximum Gasteiger partial charge on any atom is 0.270 e. The number of rotatable bonds is 6. The van der Waals surface area contributed by atoms with Crippen molar-refractivity contribution in [3.8, 4) is 0 Å². The summed E-state index contributed by atoms with van der Waals surface area (Å²) in [6.07, 6.45) is 2.16. The van der Waals surface area contributed by atoms with Crippen molar-refractivity contribution < 1.29 is 9.72 Å². The number of carbonyl (C=O) groups excluding carboxylic acids is 1. The lowest BCUT2D eigenvalue weighted by molar-refractivity contribution is -0.384. The van der Waals surface area contributed by atoms with Gasteiger partial charge in [-0.25, -0.2) is 0 Å². The molecular weight excluding hydrogens is 376 g/mol. The highest BCUT2D eigenvalue weighted by Crippen LogP contribution is 2.31. The SMILES string of the molecule is CC[C@H]1S/C(=N/N=C\c2cccc([N+](=O)[O-])c2)N(Cc2ccccc2C)C1=O. The molecule has 144 valence electrons. The normalized spacial score (nSPS) is 18.4. The molecule has 1 saturated heterocycles. The maximum absolute atomic E-state index is 12.7. The van der Waals surface area contributed by atoms with Gasteiger partial charge in [-0.15, -0.1) is 5.10 Å². The molecule has 0 radical (unpaired) electrons. The van der Waals surface area contributed by atoms with Crippen LogP contribution in [0.3, 0.4) is 0 Å². The number of benzene rings is 2. The van der Waals surface area contributed by atoms with Crippen LogP contribution >= 0.6 is 11.8 Å². The van der Waals surface area contributed by atoms with Crippen LogP contribution in [0.4, 0.5) is 5.69 Å². The van der Waals surface area contributed by atoms with E-state index in [1.807, 2.05) is 38.1 Å². The lowest BCUT2D eigenvalue weighted by Crippen LogP contribution is -2.31. The number of carbonyl (C=O) groups is 1. The summed E-state index contributed by atoms with van der Waals surface area (Å²) >= 11 is 1.40. The van der Waals surface area contributed by atoms with Crippen LogP contribution in [-0.2, 0) is 11.3 Å². The smallest absolute Gasteiger partial charge is 0.270 e. The van der Waals surface area contributed by atoms with Gasteiger partial charge < -0.3 is 0 Å². The standard InChI is InChI=1S/C20H20N4O3S/c1-3-18-19(25)23(13-16-9-5-4-7-14(16)2)20(28-18)22-21-12-15-8-6-10-17(11-15)24(26)27/h4-12,18H,3,13H2,1-2H3/b21-12-,22-20+/t18-/m1/s1. The topological polar surface area (TPSA) is 88.2 Å². The molecule has 7 nitrogen and oxygen atoms in total. The average Bonchev–Trinajstić information content (AvgIpc) is 2.99. The van der Waals surface area contributed by atoms with Gasteiger partial charge in [0.2, 0.25) is 5.91 Å². The number of hydrogen-bond acceptors (Lipinski definition) is 6. The molecule has 3 rings (SSSR count). The second-order valence-corrected chi connectivity index (χ2v) is 7.51. The largest absolute Gasteiger partial charge is 0.284 e. The zero-order chi connectivity index (χ0) is 20.1. The average molecular weight is 396 g/mol. The molecule has 1 heterocycles. The van der Waals surface area contributed by atoms with Crippen molar-refractivity contribution in [1.82, 2.24) is 4.90 Å². The molecule has 1 aliphatic heterocycles. The van der Waals surface area contributed by atoms with E-state index in [9.17, 15) is 14.9 Å². The first kappa shape index (κ1) is 19.8. The van der Waals surface area contributed by atoms with E-state index in [4.69, 9.17) is 0 Å². The summed E-state index contributed by atoms with van der Waals surface area (Å²) < 4.78 is 0. The van der Waals surface area contributed by atoms with Crippen LogP contribution in [0, 0.1) is 17.0 Å². The van der Waals surface area contributed by atoms with E-state index < -0.39 is 4.92 Å². The van der Waals surface area contributed by atoms with Crippen LogP contribution in [0.25, 0.3) is 0 Å². The summed E-state index contributed by atoms with van der Waals surface area (Å²) in [6, 6.07) is 14.1. The zero-order valence-electron chi connectivity index (χ0n) is 15.6. The lowest BCUT2D eigenvalue weighted by Gasteiger charge is -2.17. The van der Waals surface area contributed by atoms with Gasteiger partial charge in [0.05, 0.1) is 22.9 Å². The van der Waals surface area contributed by atoms with Crippen molar-refractivity contribution in [2.45, 2.75) is 32.1 Å². The van der Waals surface area contributed by atoms with Crippen LogP contribution in [0.15, 0.2) is 58.7 Å². The summed E-state index contributed by atoms with van der Waals surface area (Å²) in [7, 11) is 0. The molecule has 0 aliphatic carbocycles. The van der Waals surface area contributed by atoms with Crippen molar-refractivity contribution in [2.24, 2.45) is 10.2 Å². The minimum Gasteiger partial charge on any atom is -0.284 e. The molecular formula is C20H20N4O3S. The zero-order valence-corrected chi connectivity index (χ0v) is 16.4. The predicted octanol–water partition coefficient (Wildman–Crippen LogP) is 4.15. The van der Waals surface area contributed by atoms with Gasteiger partial charge in [0.25, 0.3) is 5.69 Å². The van der Waals surface area contributed by atoms with E-state index in [0.717, 1.165) is 11.1 Å². The molecule has 0 aromatic heterocycles. The van der Waals surface area contributed by atoms with E-state index in [1.165, 1.54) is 30.1 Å². The molecule has 0 bridgehead atoms. The van der Waals surface area contributed by atoms with Crippen molar-refractivity contribution >= 4 is 34.7 Å². The Morgan fingerprint density at radius 3 is 2.75 bits per heavy atom. The van der Waals surface area contributed by atoms with Crippen molar-refractivity contribution in [3.05, 3.63) is 75.3 Å². The number of amides is 1. The fourth-order valence-electron chi connectivity index (χ4n) is 2.81. The summed E-state index contributed by atoms with van der Waals surface area (Å²) in [5.41, 5.74) is 2.74. The minimum atomic E-state index is -0.454. The Hall–Kier alpha value is -3.00. The number of thioether (sulfide) groups is 1. The van der Waals surface area contributed by atoms with Crippen LogP contribution in [0.1, 0.15) is 30.0 Å². The third-order valence-electron chi connectivity index (χ3n) is 4.41. The van der Waals surface area contributed by atoms with Gasteiger partial charge in [-0.05, 0) is 24.5 Å². The Bertz CT molecular complexity index is 958. The summed E-state index contributed by atoms with van der Waals surface area (Å²) in [4.78, 5) is 24.8. The number of hydrogen-bond donors (Lipinski definition) is 0. The molecule has 1 aliphatic rings. The molecule has 0 spiro atoms. The summed E-state index contributed by atoms with van der Waals surface area (Å²) in [5, 5.41) is 19.5. The van der Waals surface area contributed by atoms with E-state index >= 15 is 0 Å². The van der Waals surface area contributed by atoms with E-state index in [0.29, 0.717) is 23.7 Å². The first-order chi connectivity index (χ1) is 13.5. The van der Waals surface area contributed by atoms with E-state index in [2.05, 4.69) is 10.2 Å². The summed E-state index contributed by atoms with van der Waals surface area (Å²) in [5.74, 6) is 0.0278. The first-order valence-electron chi connectivity index (χ1n) is 8.87. The number of amidine groups is 1. The first-order valence-corrected chi connectivity index (χ1v) is 9.75. The molecule has 1 atom stereocenters. The van der Waals surface area contributed by atoms with Crippen LogP contribution in [0.2, 0.25) is 0 Å². The molecule has 2 aromatic rings. The molecule has 2 aromatic carbocycles. The lowest BCUT2D eigenvalue weighted by atomic mass is 10.1. The fraction of sp³-hybridized carbons (Fsp3) is 0.250. The molecule has 0 unspecified atom stereocenters. The monoisotopic (exact) mass is 396 g/mol. The highest BCUT2D eigenvalue weighted by atomic mass is 32.2. The maximum atomic E-state index is 12.7. The van der Waals surface area contributed by atoms with Crippen LogP contribution in [-0.4, -0.2) is 32.4 Å². The second kappa shape index (κ2) is 8.79. The number of nitro groups is 1. The van der Waals surface area contributed by atoms with Crippen LogP contribution < -0.4 is 0 Å². The van der Waals surface area contributed by atoms with Crippen molar-refractivity contribution in [1.29, 1.82) is 0 Å². The molecule has 8 heteroatoms. The molecule has 1 amide bonds. The van der Waals surface area contributed by atoms with Gasteiger partial charge in [-0.3, -0.25) is 19.8 Å². The molecule has 0 N–H and O–H groups in total. The van der Waals surface area contributed by atoms with Gasteiger partial charge >= 0.3 is 0 Å². The van der Waals surface area contributed by atoms with E-state index in [-0.39, 0.29) is 16.8 Å². The highest BCUT2D eigenvalue weighted by Gasteiger charge is 2.37.